The van der Waals surface area contributed by atoms with Gasteiger partial charge in [-0.15, -0.1) is 0 Å². The van der Waals surface area contributed by atoms with Crippen molar-refractivity contribution in [3.63, 3.8) is 0 Å². The van der Waals surface area contributed by atoms with Crippen LogP contribution in [0.15, 0.2) is 30.5 Å². The van der Waals surface area contributed by atoms with E-state index in [2.05, 4.69) is 55.8 Å². The van der Waals surface area contributed by atoms with Crippen LogP contribution in [0, 0.1) is 10.5 Å². The van der Waals surface area contributed by atoms with Crippen molar-refractivity contribution in [3.8, 4) is 0 Å². The molecule has 0 bridgehead atoms. The molecule has 4 nitrogen and oxygen atoms in total. The van der Waals surface area contributed by atoms with Gasteiger partial charge in [-0.3, -0.25) is 0 Å². The van der Waals surface area contributed by atoms with E-state index >= 15 is 0 Å². The number of hydrogen-bond acceptors (Lipinski definition) is 3. The molecule has 1 heterocycles. The Hall–Kier alpha value is -1.08. The van der Waals surface area contributed by atoms with Crippen LogP contribution in [0.5, 0.6) is 0 Å². The van der Waals surface area contributed by atoms with Gasteiger partial charge < -0.3 is 14.6 Å². The highest BCUT2D eigenvalue weighted by Crippen LogP contribution is 2.18. The number of aryl methyl sites for hydroxylation is 2. The quantitative estimate of drug-likeness (QED) is 0.623. The molecule has 1 aromatic heterocycles. The van der Waals surface area contributed by atoms with Crippen molar-refractivity contribution in [1.82, 2.24) is 9.55 Å². The first-order valence-electron chi connectivity index (χ1n) is 6.24. The molecule has 0 radical (unpaired) electrons. The van der Waals surface area contributed by atoms with E-state index in [-0.39, 0.29) is 0 Å². The zero-order valence-electron chi connectivity index (χ0n) is 11.2. The number of ether oxygens (including phenoxy) is 1. The monoisotopic (exact) mass is 371 g/mol. The second-order valence-corrected chi connectivity index (χ2v) is 5.63. The van der Waals surface area contributed by atoms with Gasteiger partial charge >= 0.3 is 0 Å². The molecule has 19 heavy (non-hydrogen) atoms. The zero-order valence-corrected chi connectivity index (χ0v) is 13.3. The molecule has 0 spiro atoms. The summed E-state index contributed by atoms with van der Waals surface area (Å²) in [6.07, 6.45) is 3.04. The molecule has 0 fully saturated rings. The van der Waals surface area contributed by atoms with Crippen LogP contribution in [0.25, 0.3) is 0 Å². The van der Waals surface area contributed by atoms with E-state index in [0.717, 1.165) is 36.9 Å². The molecule has 1 aromatic carbocycles. The first-order valence-corrected chi connectivity index (χ1v) is 7.32. The van der Waals surface area contributed by atoms with Gasteiger partial charge in [0.2, 0.25) is 5.95 Å². The fourth-order valence-electron chi connectivity index (χ4n) is 1.89. The number of anilines is 2. The zero-order chi connectivity index (χ0) is 13.7. The predicted octanol–water partition coefficient (Wildman–Crippen LogP) is 3.58. The summed E-state index contributed by atoms with van der Waals surface area (Å²) in [5.74, 6) is 0.885. The van der Waals surface area contributed by atoms with Crippen LogP contribution in [0.1, 0.15) is 12.1 Å². The minimum atomic E-state index is 0.764. The van der Waals surface area contributed by atoms with Crippen LogP contribution >= 0.6 is 22.6 Å². The second kappa shape index (κ2) is 6.91. The molecule has 0 saturated heterocycles. The number of nitrogens with zero attached hydrogens (tertiary/aromatic N) is 2. The van der Waals surface area contributed by atoms with Gasteiger partial charge in [0.25, 0.3) is 0 Å². The molecule has 0 aliphatic heterocycles. The molecule has 5 heteroatoms. The maximum atomic E-state index is 5.09. The van der Waals surface area contributed by atoms with E-state index < -0.39 is 0 Å². The fourth-order valence-corrected chi connectivity index (χ4v) is 2.43. The van der Waals surface area contributed by atoms with Crippen molar-refractivity contribution in [2.24, 2.45) is 0 Å². The predicted molar refractivity (Wildman–Crippen MR) is 85.9 cm³/mol. The lowest BCUT2D eigenvalue weighted by atomic mass is 10.3. The smallest absolute Gasteiger partial charge is 0.207 e. The Morgan fingerprint density at radius 2 is 2.26 bits per heavy atom. The first kappa shape index (κ1) is 14.3. The molecule has 2 rings (SSSR count). The second-order valence-electron chi connectivity index (χ2n) is 4.38. The highest BCUT2D eigenvalue weighted by Gasteiger charge is 2.06. The Kier molecular flexibility index (Phi) is 5.21. The lowest BCUT2D eigenvalue weighted by Crippen LogP contribution is -2.05. The molecule has 0 aliphatic carbocycles. The highest BCUT2D eigenvalue weighted by molar-refractivity contribution is 14.1. The third-order valence-corrected chi connectivity index (χ3v) is 3.40. The van der Waals surface area contributed by atoms with Crippen molar-refractivity contribution >= 4 is 34.2 Å². The van der Waals surface area contributed by atoms with E-state index in [1.807, 2.05) is 19.1 Å². The topological polar surface area (TPSA) is 39.1 Å². The Morgan fingerprint density at radius 1 is 1.42 bits per heavy atom. The summed E-state index contributed by atoms with van der Waals surface area (Å²) in [6, 6.07) is 8.26. The average molecular weight is 371 g/mol. The van der Waals surface area contributed by atoms with Gasteiger partial charge in [-0.05, 0) is 54.1 Å². The Bertz CT molecular complexity index is 539. The van der Waals surface area contributed by atoms with E-state index in [4.69, 9.17) is 4.74 Å². The van der Waals surface area contributed by atoms with Gasteiger partial charge in [-0.1, -0.05) is 6.07 Å². The number of benzene rings is 1. The van der Waals surface area contributed by atoms with Gasteiger partial charge in [0.1, 0.15) is 0 Å². The fraction of sp³-hybridized carbons (Fsp3) is 0.357. The average Bonchev–Trinajstić information content (AvgIpc) is 2.70. The van der Waals surface area contributed by atoms with E-state index in [1.165, 1.54) is 3.57 Å². The number of halogens is 1. The number of rotatable bonds is 6. The van der Waals surface area contributed by atoms with Crippen molar-refractivity contribution in [2.45, 2.75) is 19.9 Å². The van der Waals surface area contributed by atoms with Crippen molar-refractivity contribution < 1.29 is 4.74 Å². The normalized spacial score (nSPS) is 10.7. The molecular weight excluding hydrogens is 353 g/mol. The number of nitrogens with one attached hydrogen (secondary N) is 1. The Balaban J connectivity index is 2.10. The lowest BCUT2D eigenvalue weighted by Gasteiger charge is -2.09. The molecular formula is C14H18IN3O. The van der Waals surface area contributed by atoms with Crippen LogP contribution < -0.4 is 5.32 Å². The largest absolute Gasteiger partial charge is 0.385 e. The summed E-state index contributed by atoms with van der Waals surface area (Å²) in [5.41, 5.74) is 2.08. The summed E-state index contributed by atoms with van der Waals surface area (Å²) in [5, 5.41) is 3.37. The molecule has 1 N–H and O–H groups in total. The maximum Gasteiger partial charge on any atom is 0.207 e. The number of hydrogen-bond donors (Lipinski definition) is 1. The SMILES string of the molecule is COCCCn1cc(C)nc1Nc1cccc(I)c1. The van der Waals surface area contributed by atoms with Crippen molar-refractivity contribution in [2.75, 3.05) is 19.0 Å². The Morgan fingerprint density at radius 3 is 3.00 bits per heavy atom. The molecule has 0 atom stereocenters. The third-order valence-electron chi connectivity index (χ3n) is 2.73. The van der Waals surface area contributed by atoms with Gasteiger partial charge in [-0.2, -0.15) is 0 Å². The third kappa shape index (κ3) is 4.21. The van der Waals surface area contributed by atoms with E-state index in [0.29, 0.717) is 0 Å². The van der Waals surface area contributed by atoms with E-state index in [1.54, 1.807) is 7.11 Å². The van der Waals surface area contributed by atoms with Gasteiger partial charge in [0, 0.05) is 35.7 Å². The standard InChI is InChI=1S/C14H18IN3O/c1-11-10-18(7-4-8-19-2)14(16-11)17-13-6-3-5-12(15)9-13/h3,5-6,9-10H,4,7-8H2,1-2H3,(H,16,17). The number of aromatic nitrogens is 2. The van der Waals surface area contributed by atoms with Gasteiger partial charge in [0.15, 0.2) is 0 Å². The lowest BCUT2D eigenvalue weighted by molar-refractivity contribution is 0.190. The minimum absolute atomic E-state index is 0.764. The summed E-state index contributed by atoms with van der Waals surface area (Å²) in [4.78, 5) is 4.52. The molecule has 0 amide bonds. The summed E-state index contributed by atoms with van der Waals surface area (Å²) in [6.45, 7) is 3.67. The van der Waals surface area contributed by atoms with Crippen LogP contribution in [0.3, 0.4) is 0 Å². The molecule has 2 aromatic rings. The molecule has 0 unspecified atom stereocenters. The van der Waals surface area contributed by atoms with Crippen LogP contribution in [-0.4, -0.2) is 23.3 Å². The summed E-state index contributed by atoms with van der Waals surface area (Å²) < 4.78 is 8.43. The van der Waals surface area contributed by atoms with Crippen molar-refractivity contribution in [1.29, 1.82) is 0 Å². The summed E-state index contributed by atoms with van der Waals surface area (Å²) >= 11 is 2.31. The molecule has 0 saturated carbocycles. The van der Waals surface area contributed by atoms with Gasteiger partial charge in [0.05, 0.1) is 5.69 Å². The summed E-state index contributed by atoms with van der Waals surface area (Å²) in [7, 11) is 1.73. The van der Waals surface area contributed by atoms with Gasteiger partial charge in [-0.25, -0.2) is 4.98 Å². The molecule has 102 valence electrons. The van der Waals surface area contributed by atoms with Crippen LogP contribution in [0.2, 0.25) is 0 Å². The number of imidazole rings is 1. The van der Waals surface area contributed by atoms with Crippen molar-refractivity contribution in [3.05, 3.63) is 39.7 Å². The van der Waals surface area contributed by atoms with Crippen LogP contribution in [-0.2, 0) is 11.3 Å². The van der Waals surface area contributed by atoms with E-state index in [9.17, 15) is 0 Å². The minimum Gasteiger partial charge on any atom is -0.385 e. The molecule has 0 aliphatic rings. The first-order chi connectivity index (χ1) is 9.19. The maximum absolute atomic E-state index is 5.09. The number of methoxy groups -OCH3 is 1. The van der Waals surface area contributed by atoms with Crippen LogP contribution in [0.4, 0.5) is 11.6 Å². The highest BCUT2D eigenvalue weighted by atomic mass is 127. The Labute approximate surface area is 127 Å².